The number of aliphatic hydroxyl groups is 2. The zero-order valence-electron chi connectivity index (χ0n) is 22.8. The highest BCUT2D eigenvalue weighted by Crippen LogP contribution is 2.35. The van der Waals surface area contributed by atoms with E-state index >= 15 is 0 Å². The summed E-state index contributed by atoms with van der Waals surface area (Å²) in [5.41, 5.74) is 2.09. The van der Waals surface area contributed by atoms with Gasteiger partial charge in [0.05, 0.1) is 47.2 Å². The first-order valence-electron chi connectivity index (χ1n) is 13.8. The van der Waals surface area contributed by atoms with E-state index in [4.69, 9.17) is 4.74 Å². The van der Waals surface area contributed by atoms with Crippen LogP contribution in [-0.2, 0) is 14.8 Å². The number of aliphatic hydroxyl groups excluding tert-OH is 2. The van der Waals surface area contributed by atoms with E-state index in [1.165, 1.54) is 12.4 Å². The summed E-state index contributed by atoms with van der Waals surface area (Å²) in [6.45, 7) is 4.15. The molecule has 5 heterocycles. The van der Waals surface area contributed by atoms with Gasteiger partial charge in [-0.3, -0.25) is 0 Å². The van der Waals surface area contributed by atoms with Gasteiger partial charge in [0, 0.05) is 44.6 Å². The fourth-order valence-electron chi connectivity index (χ4n) is 4.85. The third kappa shape index (κ3) is 5.92. The zero-order chi connectivity index (χ0) is 28.6. The van der Waals surface area contributed by atoms with Gasteiger partial charge < -0.3 is 25.2 Å². The predicted octanol–water partition coefficient (Wildman–Crippen LogP) is 1.92. The Morgan fingerprint density at radius 1 is 1.20 bits per heavy atom. The van der Waals surface area contributed by atoms with E-state index in [1.54, 1.807) is 18.5 Å². The first-order valence-corrected chi connectivity index (χ1v) is 15.3. The Hall–Kier alpha value is -3.57. The molecular formula is C28H33N7O5S. The second-order valence-electron chi connectivity index (χ2n) is 11.2. The fourth-order valence-corrected chi connectivity index (χ4v) is 6.33. The number of aromatic nitrogens is 5. The van der Waals surface area contributed by atoms with Gasteiger partial charge in [0.15, 0.2) is 5.82 Å². The van der Waals surface area contributed by atoms with Gasteiger partial charge in [0.1, 0.15) is 17.7 Å². The summed E-state index contributed by atoms with van der Waals surface area (Å²) >= 11 is 0. The van der Waals surface area contributed by atoms with Crippen molar-refractivity contribution in [1.82, 2.24) is 24.1 Å². The first-order chi connectivity index (χ1) is 19.7. The number of pyridine rings is 1. The van der Waals surface area contributed by atoms with E-state index in [1.807, 2.05) is 6.07 Å². The molecule has 1 saturated carbocycles. The molecule has 3 N–H and O–H groups in total. The number of ether oxygens (including phenoxy) is 1. The van der Waals surface area contributed by atoms with Crippen LogP contribution in [0, 0.1) is 17.3 Å². The third-order valence-corrected chi connectivity index (χ3v) is 9.98. The quantitative estimate of drug-likeness (QED) is 0.335. The van der Waals surface area contributed by atoms with Gasteiger partial charge in [-0.2, -0.15) is 9.19 Å². The third-order valence-electron chi connectivity index (χ3n) is 7.95. The van der Waals surface area contributed by atoms with E-state index in [9.17, 15) is 18.6 Å². The van der Waals surface area contributed by atoms with Crippen LogP contribution >= 0.6 is 0 Å². The van der Waals surface area contributed by atoms with Crippen LogP contribution in [-0.4, -0.2) is 86.5 Å². The molecule has 3 aromatic rings. The molecule has 2 unspecified atom stereocenters. The Labute approximate surface area is 238 Å². The standard InChI is InChI=1S/C28H33N7O5S/c1-28(18-36)8-11-34(12-9-28)22-13-26(30-14-19(22)3-2-4-24-23(37)17-40-24)32-25-7-10-29-27(33-25)20-15-31-35(16-20)41(38,39)21-5-6-21/h7,10,13-16,21,23-24,36-37H,4-6,8-9,11-12,17-18H2,1H3,(H,29,30,32,33). The van der Waals surface area contributed by atoms with Gasteiger partial charge in [0.2, 0.25) is 0 Å². The number of rotatable bonds is 8. The molecule has 2 atom stereocenters. The van der Waals surface area contributed by atoms with Crippen LogP contribution in [0.2, 0.25) is 0 Å². The highest BCUT2D eigenvalue weighted by molar-refractivity contribution is 7.90. The van der Waals surface area contributed by atoms with Crippen molar-refractivity contribution in [2.75, 3.05) is 36.5 Å². The number of hydrogen-bond acceptors (Lipinski definition) is 11. The van der Waals surface area contributed by atoms with Crippen molar-refractivity contribution in [3.8, 4) is 23.2 Å². The maximum absolute atomic E-state index is 12.5. The molecule has 41 heavy (non-hydrogen) atoms. The zero-order valence-corrected chi connectivity index (χ0v) is 23.6. The number of hydrogen-bond donors (Lipinski definition) is 3. The summed E-state index contributed by atoms with van der Waals surface area (Å²) in [6.07, 6.45) is 8.93. The molecule has 6 rings (SSSR count). The molecule has 0 radical (unpaired) electrons. The second kappa shape index (κ2) is 11.0. The Bertz CT molecular complexity index is 1590. The van der Waals surface area contributed by atoms with Crippen molar-refractivity contribution in [3.05, 3.63) is 42.5 Å². The van der Waals surface area contributed by atoms with Gasteiger partial charge in [-0.05, 0) is 37.2 Å². The lowest BCUT2D eigenvalue weighted by Gasteiger charge is -2.39. The second-order valence-corrected chi connectivity index (χ2v) is 13.3. The van der Waals surface area contributed by atoms with Crippen molar-refractivity contribution in [3.63, 3.8) is 0 Å². The molecule has 0 amide bonds. The highest BCUT2D eigenvalue weighted by atomic mass is 32.2. The average Bonchev–Trinajstić information content (AvgIpc) is 3.72. The molecule has 216 valence electrons. The summed E-state index contributed by atoms with van der Waals surface area (Å²) in [5, 5.41) is 26.5. The Kier molecular flexibility index (Phi) is 7.41. The van der Waals surface area contributed by atoms with Gasteiger partial charge >= 0.3 is 0 Å². The predicted molar refractivity (Wildman–Crippen MR) is 152 cm³/mol. The lowest BCUT2D eigenvalue weighted by molar-refractivity contribution is -0.158. The SMILES string of the molecule is CC1(CO)CCN(c2cc(Nc3ccnc(-c4cnn(S(=O)(=O)C5CC5)c4)n3)ncc2C#CCC2OCC2O)CC1. The topological polar surface area (TPSA) is 156 Å². The Morgan fingerprint density at radius 3 is 2.68 bits per heavy atom. The number of piperidine rings is 1. The molecule has 0 bridgehead atoms. The van der Waals surface area contributed by atoms with Gasteiger partial charge in [0.25, 0.3) is 10.0 Å². The van der Waals surface area contributed by atoms with Gasteiger partial charge in [-0.15, -0.1) is 0 Å². The minimum absolute atomic E-state index is 0.0999. The van der Waals surface area contributed by atoms with Crippen LogP contribution in [0.3, 0.4) is 0 Å². The van der Waals surface area contributed by atoms with Crippen molar-refractivity contribution in [2.45, 2.75) is 56.5 Å². The van der Waals surface area contributed by atoms with E-state index < -0.39 is 16.1 Å². The fraction of sp³-hybridized carbons (Fsp3) is 0.500. The van der Waals surface area contributed by atoms with Crippen molar-refractivity contribution in [2.24, 2.45) is 5.41 Å². The first kappa shape index (κ1) is 27.6. The maximum atomic E-state index is 12.5. The van der Waals surface area contributed by atoms with E-state index in [2.05, 4.69) is 49.0 Å². The van der Waals surface area contributed by atoms with Crippen LogP contribution in [0.15, 0.2) is 36.9 Å². The number of anilines is 3. The van der Waals surface area contributed by atoms with Crippen LogP contribution < -0.4 is 10.2 Å². The highest BCUT2D eigenvalue weighted by Gasteiger charge is 2.38. The lowest BCUT2D eigenvalue weighted by atomic mass is 9.81. The summed E-state index contributed by atoms with van der Waals surface area (Å²) in [7, 11) is -3.48. The molecule has 2 aliphatic heterocycles. The molecule has 0 aromatic carbocycles. The van der Waals surface area contributed by atoms with Crippen LogP contribution in [0.1, 0.15) is 44.6 Å². The smallest absolute Gasteiger partial charge is 0.256 e. The Morgan fingerprint density at radius 2 is 2.00 bits per heavy atom. The minimum Gasteiger partial charge on any atom is -0.396 e. The summed E-state index contributed by atoms with van der Waals surface area (Å²) in [4.78, 5) is 15.7. The normalized spacial score (nSPS) is 22.0. The van der Waals surface area contributed by atoms with Gasteiger partial charge in [-0.25, -0.2) is 23.4 Å². The Balaban J connectivity index is 1.23. The lowest BCUT2D eigenvalue weighted by Crippen LogP contribution is -2.44. The molecular weight excluding hydrogens is 546 g/mol. The van der Waals surface area contributed by atoms with E-state index in [0.717, 1.165) is 41.3 Å². The molecule has 1 aliphatic carbocycles. The molecule has 3 fully saturated rings. The molecule has 13 heteroatoms. The van der Waals surface area contributed by atoms with E-state index in [0.29, 0.717) is 48.9 Å². The van der Waals surface area contributed by atoms with Crippen molar-refractivity contribution >= 4 is 27.3 Å². The number of nitrogens with zero attached hydrogens (tertiary/aromatic N) is 6. The summed E-state index contributed by atoms with van der Waals surface area (Å²) < 4.78 is 31.4. The molecule has 0 spiro atoms. The minimum atomic E-state index is -3.48. The summed E-state index contributed by atoms with van der Waals surface area (Å²) in [6, 6.07) is 3.64. The molecule has 2 saturated heterocycles. The van der Waals surface area contributed by atoms with Crippen molar-refractivity contribution in [1.29, 1.82) is 0 Å². The number of nitrogens with one attached hydrogen (secondary N) is 1. The molecule has 3 aromatic heterocycles. The van der Waals surface area contributed by atoms with Crippen molar-refractivity contribution < 1.29 is 23.4 Å². The maximum Gasteiger partial charge on any atom is 0.256 e. The largest absolute Gasteiger partial charge is 0.396 e. The van der Waals surface area contributed by atoms with Crippen LogP contribution in [0.25, 0.3) is 11.4 Å². The summed E-state index contributed by atoms with van der Waals surface area (Å²) in [5.74, 6) is 7.73. The molecule has 12 nitrogen and oxygen atoms in total. The molecule has 3 aliphatic rings. The van der Waals surface area contributed by atoms with Gasteiger partial charge in [-0.1, -0.05) is 18.8 Å². The van der Waals surface area contributed by atoms with Crippen LogP contribution in [0.5, 0.6) is 0 Å². The average molecular weight is 580 g/mol. The monoisotopic (exact) mass is 579 g/mol. The van der Waals surface area contributed by atoms with E-state index in [-0.39, 0.29) is 23.4 Å². The van der Waals surface area contributed by atoms with Crippen LogP contribution in [0.4, 0.5) is 17.3 Å².